The molecule has 0 spiro atoms. The van der Waals surface area contributed by atoms with E-state index in [9.17, 15) is 9.18 Å². The summed E-state index contributed by atoms with van der Waals surface area (Å²) < 4.78 is 35.7. The number of methoxy groups -OCH3 is 2. The van der Waals surface area contributed by atoms with E-state index in [1.54, 1.807) is 56.7 Å². The maximum atomic E-state index is 13.8. The molecule has 1 unspecified atom stereocenters. The van der Waals surface area contributed by atoms with E-state index < -0.39 is 11.9 Å². The van der Waals surface area contributed by atoms with Gasteiger partial charge in [-0.2, -0.15) is 4.98 Å². The van der Waals surface area contributed by atoms with Crippen molar-refractivity contribution in [2.45, 2.75) is 19.5 Å². The average Bonchev–Trinajstić information content (AvgIpc) is 3.58. The van der Waals surface area contributed by atoms with Crippen LogP contribution in [0.25, 0.3) is 17.0 Å². The Morgan fingerprint density at radius 2 is 1.92 bits per heavy atom. The van der Waals surface area contributed by atoms with Crippen molar-refractivity contribution in [2.24, 2.45) is 0 Å². The fourth-order valence-electron chi connectivity index (χ4n) is 4.17. The fraction of sp³-hybridized carbons (Fsp3) is 0.192. The Bertz CT molecular complexity index is 1430. The third-order valence-corrected chi connectivity index (χ3v) is 5.97. The van der Waals surface area contributed by atoms with Crippen LogP contribution < -0.4 is 14.8 Å². The van der Waals surface area contributed by atoms with Gasteiger partial charge < -0.3 is 23.7 Å². The lowest BCUT2D eigenvalue weighted by Gasteiger charge is -2.34. The van der Waals surface area contributed by atoms with E-state index in [2.05, 4.69) is 15.5 Å². The minimum absolute atomic E-state index is 0.191. The van der Waals surface area contributed by atoms with Gasteiger partial charge in [0.1, 0.15) is 11.6 Å². The minimum atomic E-state index is -0.633. The summed E-state index contributed by atoms with van der Waals surface area (Å²) >= 11 is 0. The summed E-state index contributed by atoms with van der Waals surface area (Å²) in [6.07, 6.45) is 1.55. The molecule has 1 aliphatic heterocycles. The third kappa shape index (κ3) is 4.28. The molecule has 10 heteroatoms. The Morgan fingerprint density at radius 1 is 1.08 bits per heavy atom. The standard InChI is InChI=1S/C26H23FN4O5/c1-15-22(25-29-24(30-36-25)17-6-4-7-18(27)12-17)23(16-9-10-20(33-2)21(13-16)34-3)28-26(32)31(15)14-19-8-5-11-35-19/h4-13,23H,14H2,1-3H3,(H,28,32). The van der Waals surface area contributed by atoms with Crippen LogP contribution in [0.3, 0.4) is 0 Å². The van der Waals surface area contributed by atoms with Crippen molar-refractivity contribution in [1.29, 1.82) is 0 Å². The highest BCUT2D eigenvalue weighted by Crippen LogP contribution is 2.40. The molecule has 0 radical (unpaired) electrons. The van der Waals surface area contributed by atoms with Gasteiger partial charge in [-0.25, -0.2) is 9.18 Å². The predicted octanol–water partition coefficient (Wildman–Crippen LogP) is 5.18. The fourth-order valence-corrected chi connectivity index (χ4v) is 4.17. The summed E-state index contributed by atoms with van der Waals surface area (Å²) in [5.74, 6) is 1.68. The summed E-state index contributed by atoms with van der Waals surface area (Å²) in [7, 11) is 3.09. The van der Waals surface area contributed by atoms with Gasteiger partial charge >= 0.3 is 6.03 Å². The Balaban J connectivity index is 1.62. The maximum Gasteiger partial charge on any atom is 0.322 e. The van der Waals surface area contributed by atoms with Crippen molar-refractivity contribution in [3.63, 3.8) is 0 Å². The zero-order valence-electron chi connectivity index (χ0n) is 19.8. The molecule has 36 heavy (non-hydrogen) atoms. The number of hydrogen-bond acceptors (Lipinski definition) is 7. The Morgan fingerprint density at radius 3 is 2.64 bits per heavy atom. The van der Waals surface area contributed by atoms with Gasteiger partial charge in [-0.1, -0.05) is 23.4 Å². The molecule has 2 aromatic heterocycles. The number of carbonyl (C=O) groups excluding carboxylic acids is 1. The van der Waals surface area contributed by atoms with Crippen LogP contribution in [0, 0.1) is 5.82 Å². The molecule has 1 atom stereocenters. The molecule has 184 valence electrons. The Labute approximate surface area is 206 Å². The summed E-state index contributed by atoms with van der Waals surface area (Å²) in [4.78, 5) is 19.3. The molecule has 4 aromatic rings. The number of nitrogens with one attached hydrogen (secondary N) is 1. The van der Waals surface area contributed by atoms with Crippen molar-refractivity contribution in [3.05, 3.63) is 89.6 Å². The molecule has 1 aliphatic rings. The summed E-state index contributed by atoms with van der Waals surface area (Å²) in [6.45, 7) is 2.01. The Kier molecular flexibility index (Phi) is 6.16. The highest BCUT2D eigenvalue weighted by atomic mass is 19.1. The van der Waals surface area contributed by atoms with E-state index in [-0.39, 0.29) is 24.3 Å². The van der Waals surface area contributed by atoms with Crippen molar-refractivity contribution < 1.29 is 27.6 Å². The highest BCUT2D eigenvalue weighted by Gasteiger charge is 2.36. The molecule has 0 bridgehead atoms. The first-order chi connectivity index (χ1) is 17.5. The van der Waals surface area contributed by atoms with Crippen LogP contribution in [0.1, 0.15) is 30.2 Å². The second-order valence-corrected chi connectivity index (χ2v) is 8.10. The number of allylic oxidation sites excluding steroid dienone is 1. The van der Waals surface area contributed by atoms with Crippen molar-refractivity contribution in [2.75, 3.05) is 14.2 Å². The van der Waals surface area contributed by atoms with Crippen LogP contribution in [0.15, 0.2) is 75.5 Å². The van der Waals surface area contributed by atoms with Crippen LogP contribution in [0.2, 0.25) is 0 Å². The largest absolute Gasteiger partial charge is 0.493 e. The van der Waals surface area contributed by atoms with Gasteiger partial charge in [0.2, 0.25) is 5.82 Å². The van der Waals surface area contributed by atoms with Crippen LogP contribution in [0.4, 0.5) is 9.18 Å². The lowest BCUT2D eigenvalue weighted by atomic mass is 9.94. The number of rotatable bonds is 7. The molecular formula is C26H23FN4O5. The number of hydrogen-bond donors (Lipinski definition) is 1. The summed E-state index contributed by atoms with van der Waals surface area (Å²) in [6, 6.07) is 13.9. The number of aromatic nitrogens is 2. The van der Waals surface area contributed by atoms with Crippen molar-refractivity contribution >= 4 is 11.6 Å². The Hall–Kier alpha value is -4.60. The SMILES string of the molecule is COc1ccc(C2NC(=O)N(Cc3ccco3)C(C)=C2c2nc(-c3cccc(F)c3)no2)cc1OC. The molecular weight excluding hydrogens is 467 g/mol. The predicted molar refractivity (Wildman–Crippen MR) is 127 cm³/mol. The van der Waals surface area contributed by atoms with Crippen LogP contribution in [-0.4, -0.2) is 35.3 Å². The second kappa shape index (κ2) is 9.57. The normalized spacial score (nSPS) is 15.7. The van der Waals surface area contributed by atoms with E-state index >= 15 is 0 Å². The third-order valence-electron chi connectivity index (χ3n) is 5.97. The minimum Gasteiger partial charge on any atom is -0.493 e. The van der Waals surface area contributed by atoms with E-state index in [1.165, 1.54) is 24.1 Å². The first-order valence-corrected chi connectivity index (χ1v) is 11.1. The van der Waals surface area contributed by atoms with Crippen molar-refractivity contribution in [1.82, 2.24) is 20.4 Å². The number of urea groups is 1. The van der Waals surface area contributed by atoms with Crippen LogP contribution >= 0.6 is 0 Å². The molecule has 0 saturated carbocycles. The lowest BCUT2D eigenvalue weighted by molar-refractivity contribution is 0.199. The van der Waals surface area contributed by atoms with E-state index in [1.807, 2.05) is 6.07 Å². The van der Waals surface area contributed by atoms with Gasteiger partial charge in [-0.3, -0.25) is 4.90 Å². The number of ether oxygens (including phenoxy) is 2. The number of carbonyl (C=O) groups is 1. The van der Waals surface area contributed by atoms with E-state index in [4.69, 9.17) is 18.4 Å². The molecule has 9 nitrogen and oxygen atoms in total. The average molecular weight is 490 g/mol. The van der Waals surface area contributed by atoms with Gasteiger partial charge in [0.05, 0.1) is 38.6 Å². The number of nitrogens with zero attached hydrogens (tertiary/aromatic N) is 3. The first kappa shape index (κ1) is 23.2. The number of furan rings is 1. The van der Waals surface area contributed by atoms with E-state index in [0.29, 0.717) is 34.1 Å². The molecule has 5 rings (SSSR count). The zero-order valence-corrected chi connectivity index (χ0v) is 19.8. The summed E-state index contributed by atoms with van der Waals surface area (Å²) in [5.41, 5.74) is 2.38. The van der Waals surface area contributed by atoms with Gasteiger partial charge in [-0.05, 0) is 48.9 Å². The molecule has 0 saturated heterocycles. The van der Waals surface area contributed by atoms with Crippen LogP contribution in [0.5, 0.6) is 11.5 Å². The smallest absolute Gasteiger partial charge is 0.322 e. The molecule has 0 fully saturated rings. The number of halogens is 1. The second-order valence-electron chi connectivity index (χ2n) is 8.10. The lowest BCUT2D eigenvalue weighted by Crippen LogP contribution is -2.45. The molecule has 2 amide bonds. The van der Waals surface area contributed by atoms with E-state index in [0.717, 1.165) is 5.56 Å². The molecule has 1 N–H and O–H groups in total. The van der Waals surface area contributed by atoms with Crippen molar-refractivity contribution in [3.8, 4) is 22.9 Å². The zero-order chi connectivity index (χ0) is 25.2. The van der Waals surface area contributed by atoms with Gasteiger partial charge in [-0.15, -0.1) is 0 Å². The highest BCUT2D eigenvalue weighted by molar-refractivity contribution is 5.87. The van der Waals surface area contributed by atoms with Crippen LogP contribution in [-0.2, 0) is 6.54 Å². The topological polar surface area (TPSA) is 103 Å². The van der Waals surface area contributed by atoms with Gasteiger partial charge in [0.15, 0.2) is 11.5 Å². The van der Waals surface area contributed by atoms with Gasteiger partial charge in [0, 0.05) is 11.3 Å². The molecule has 3 heterocycles. The maximum absolute atomic E-state index is 13.8. The van der Waals surface area contributed by atoms with Gasteiger partial charge in [0.25, 0.3) is 5.89 Å². The number of benzene rings is 2. The number of amides is 2. The molecule has 0 aliphatic carbocycles. The summed E-state index contributed by atoms with van der Waals surface area (Å²) in [5, 5.41) is 7.09. The quantitative estimate of drug-likeness (QED) is 0.381. The molecule has 2 aromatic carbocycles. The monoisotopic (exact) mass is 490 g/mol. The first-order valence-electron chi connectivity index (χ1n) is 11.1.